The van der Waals surface area contributed by atoms with Gasteiger partial charge in [0.2, 0.25) is 0 Å². The zero-order valence-corrected chi connectivity index (χ0v) is 9.23. The molecular weight excluding hydrogens is 208 g/mol. The second-order valence-electron chi connectivity index (χ2n) is 4.07. The lowest BCUT2D eigenvalue weighted by molar-refractivity contribution is -0.149. The average molecular weight is 222 g/mol. The minimum absolute atomic E-state index is 0.425. The van der Waals surface area contributed by atoms with Gasteiger partial charge in [0.1, 0.15) is 5.41 Å². The minimum Gasteiger partial charge on any atom is -0.481 e. The first-order chi connectivity index (χ1) is 7.36. The molecule has 0 unspecified atom stereocenters. The van der Waals surface area contributed by atoms with E-state index in [4.69, 9.17) is 10.2 Å². The molecular formula is C12H14O4. The Morgan fingerprint density at radius 3 is 2.06 bits per heavy atom. The molecule has 86 valence electrons. The van der Waals surface area contributed by atoms with Crippen LogP contribution in [0, 0.1) is 6.92 Å². The number of aliphatic carboxylic acids is 2. The number of carboxylic acid groups (broad SMARTS) is 2. The van der Waals surface area contributed by atoms with Crippen LogP contribution in [0.4, 0.5) is 0 Å². The Hall–Kier alpha value is -1.84. The molecule has 0 aromatic heterocycles. The number of rotatable bonds is 4. The highest BCUT2D eigenvalue weighted by Crippen LogP contribution is 2.28. The van der Waals surface area contributed by atoms with Gasteiger partial charge in [-0.2, -0.15) is 0 Å². The largest absolute Gasteiger partial charge is 0.481 e. The number of hydrogen-bond donors (Lipinski definition) is 2. The van der Waals surface area contributed by atoms with Gasteiger partial charge < -0.3 is 10.2 Å². The molecule has 0 aliphatic rings. The van der Waals surface area contributed by atoms with Crippen molar-refractivity contribution >= 4 is 11.9 Å². The smallest absolute Gasteiger partial charge is 0.314 e. The van der Waals surface area contributed by atoms with Gasteiger partial charge in [-0.25, -0.2) is 0 Å². The second kappa shape index (κ2) is 4.35. The van der Waals surface area contributed by atoms with Gasteiger partial charge in [0.25, 0.3) is 0 Å². The van der Waals surface area contributed by atoms with Crippen LogP contribution in [0.15, 0.2) is 24.3 Å². The summed E-state index contributed by atoms with van der Waals surface area (Å²) in [6.45, 7) is 3.31. The van der Waals surface area contributed by atoms with Gasteiger partial charge in [-0.05, 0) is 19.4 Å². The van der Waals surface area contributed by atoms with Gasteiger partial charge >= 0.3 is 11.9 Å². The van der Waals surface area contributed by atoms with Crippen LogP contribution in [-0.4, -0.2) is 22.2 Å². The maximum Gasteiger partial charge on any atom is 0.314 e. The van der Waals surface area contributed by atoms with Crippen molar-refractivity contribution in [1.82, 2.24) is 0 Å². The van der Waals surface area contributed by atoms with E-state index in [0.717, 1.165) is 5.56 Å². The van der Waals surface area contributed by atoms with Crippen molar-refractivity contribution in [3.05, 3.63) is 35.4 Å². The topological polar surface area (TPSA) is 74.6 Å². The van der Waals surface area contributed by atoms with Gasteiger partial charge in [0.05, 0.1) is 6.42 Å². The molecule has 16 heavy (non-hydrogen) atoms. The number of carboxylic acids is 2. The van der Waals surface area contributed by atoms with Gasteiger partial charge in [0.15, 0.2) is 0 Å². The lowest BCUT2D eigenvalue weighted by Gasteiger charge is -2.23. The van der Waals surface area contributed by atoms with E-state index in [1.165, 1.54) is 6.92 Å². The zero-order valence-electron chi connectivity index (χ0n) is 9.23. The number of benzene rings is 1. The molecule has 0 saturated carbocycles. The van der Waals surface area contributed by atoms with Gasteiger partial charge in [-0.1, -0.05) is 29.8 Å². The van der Waals surface area contributed by atoms with Crippen molar-refractivity contribution in [2.24, 2.45) is 0 Å². The fraction of sp³-hybridized carbons (Fsp3) is 0.333. The minimum atomic E-state index is -1.38. The van der Waals surface area contributed by atoms with E-state index >= 15 is 0 Å². The third-order valence-corrected chi connectivity index (χ3v) is 2.67. The number of carbonyl (C=O) groups is 2. The molecule has 1 atom stereocenters. The third-order valence-electron chi connectivity index (χ3n) is 2.67. The standard InChI is InChI=1S/C12H14O4/c1-8-3-5-9(6-4-8)12(2,11(15)16)7-10(13)14/h3-6H,7H2,1-2H3,(H,13,14)(H,15,16)/t12-/m0/s1. The first-order valence-corrected chi connectivity index (χ1v) is 4.88. The monoisotopic (exact) mass is 222 g/mol. The Bertz CT molecular complexity index is 408. The SMILES string of the molecule is Cc1ccc([C@](C)(CC(=O)O)C(=O)O)cc1. The third kappa shape index (κ3) is 2.39. The summed E-state index contributed by atoms with van der Waals surface area (Å²) in [7, 11) is 0. The molecule has 0 heterocycles. The van der Waals surface area contributed by atoms with Crippen LogP contribution in [0.25, 0.3) is 0 Å². The van der Waals surface area contributed by atoms with Gasteiger partial charge in [-0.3, -0.25) is 9.59 Å². The van der Waals surface area contributed by atoms with Crippen LogP contribution in [0.5, 0.6) is 0 Å². The van der Waals surface area contributed by atoms with Crippen LogP contribution >= 0.6 is 0 Å². The highest BCUT2D eigenvalue weighted by molar-refractivity contribution is 5.86. The van der Waals surface area contributed by atoms with Crippen LogP contribution < -0.4 is 0 Å². The quantitative estimate of drug-likeness (QED) is 0.814. The molecule has 0 amide bonds. The number of aryl methyl sites for hydroxylation is 1. The molecule has 1 aromatic carbocycles. The predicted octanol–water partition coefficient (Wildman–Crippen LogP) is 1.81. The normalized spacial score (nSPS) is 14.1. The second-order valence-corrected chi connectivity index (χ2v) is 4.07. The first kappa shape index (κ1) is 12.2. The molecule has 1 rings (SSSR count). The van der Waals surface area contributed by atoms with Crippen molar-refractivity contribution in [2.45, 2.75) is 25.7 Å². The average Bonchev–Trinajstić information content (AvgIpc) is 2.17. The molecule has 0 saturated heterocycles. The molecule has 1 aromatic rings. The summed E-state index contributed by atoms with van der Waals surface area (Å²) in [6.07, 6.45) is -0.425. The molecule has 0 fully saturated rings. The lowest BCUT2D eigenvalue weighted by atomic mass is 9.79. The van der Waals surface area contributed by atoms with E-state index in [1.54, 1.807) is 24.3 Å². The Kier molecular flexibility index (Phi) is 3.32. The molecule has 0 bridgehead atoms. The summed E-state index contributed by atoms with van der Waals surface area (Å²) in [4.78, 5) is 21.9. The lowest BCUT2D eigenvalue weighted by Crippen LogP contribution is -2.34. The summed E-state index contributed by atoms with van der Waals surface area (Å²) in [5, 5.41) is 17.9. The first-order valence-electron chi connectivity index (χ1n) is 4.88. The Morgan fingerprint density at radius 2 is 1.69 bits per heavy atom. The molecule has 0 aliphatic carbocycles. The van der Waals surface area contributed by atoms with Crippen molar-refractivity contribution in [3.8, 4) is 0 Å². The summed E-state index contributed by atoms with van der Waals surface area (Å²) < 4.78 is 0. The molecule has 0 spiro atoms. The van der Waals surface area contributed by atoms with E-state index < -0.39 is 23.8 Å². The highest BCUT2D eigenvalue weighted by atomic mass is 16.4. The summed E-state index contributed by atoms with van der Waals surface area (Å²) in [6, 6.07) is 6.87. The number of hydrogen-bond acceptors (Lipinski definition) is 2. The molecule has 0 aliphatic heterocycles. The maximum absolute atomic E-state index is 11.2. The Labute approximate surface area is 93.5 Å². The fourth-order valence-corrected chi connectivity index (χ4v) is 1.53. The molecule has 4 heteroatoms. The Morgan fingerprint density at radius 1 is 1.19 bits per heavy atom. The van der Waals surface area contributed by atoms with Crippen LogP contribution in [-0.2, 0) is 15.0 Å². The van der Waals surface area contributed by atoms with Crippen molar-refractivity contribution < 1.29 is 19.8 Å². The van der Waals surface area contributed by atoms with Gasteiger partial charge in [-0.15, -0.1) is 0 Å². The van der Waals surface area contributed by atoms with E-state index in [1.807, 2.05) is 6.92 Å². The Balaban J connectivity index is 3.16. The summed E-state index contributed by atoms with van der Waals surface area (Å²) >= 11 is 0. The highest BCUT2D eigenvalue weighted by Gasteiger charge is 2.37. The van der Waals surface area contributed by atoms with Crippen LogP contribution in [0.3, 0.4) is 0 Å². The van der Waals surface area contributed by atoms with Gasteiger partial charge in [0, 0.05) is 0 Å². The summed E-state index contributed by atoms with van der Waals surface area (Å²) in [5.74, 6) is -2.25. The van der Waals surface area contributed by atoms with Crippen molar-refractivity contribution in [1.29, 1.82) is 0 Å². The predicted molar refractivity (Wildman–Crippen MR) is 58.4 cm³/mol. The molecule has 2 N–H and O–H groups in total. The zero-order chi connectivity index (χ0) is 12.3. The molecule has 0 radical (unpaired) electrons. The maximum atomic E-state index is 11.2. The van der Waals surface area contributed by atoms with Crippen molar-refractivity contribution in [2.75, 3.05) is 0 Å². The van der Waals surface area contributed by atoms with E-state index in [0.29, 0.717) is 5.56 Å². The van der Waals surface area contributed by atoms with E-state index in [9.17, 15) is 9.59 Å². The van der Waals surface area contributed by atoms with Crippen LogP contribution in [0.1, 0.15) is 24.5 Å². The van der Waals surface area contributed by atoms with Crippen LogP contribution in [0.2, 0.25) is 0 Å². The summed E-state index contributed by atoms with van der Waals surface area (Å²) in [5.41, 5.74) is 0.138. The van der Waals surface area contributed by atoms with E-state index in [-0.39, 0.29) is 0 Å². The van der Waals surface area contributed by atoms with E-state index in [2.05, 4.69) is 0 Å². The van der Waals surface area contributed by atoms with Crippen molar-refractivity contribution in [3.63, 3.8) is 0 Å². The molecule has 4 nitrogen and oxygen atoms in total. The fourth-order valence-electron chi connectivity index (χ4n) is 1.53.